The molecule has 3 aromatic carbocycles. The van der Waals surface area contributed by atoms with Crippen molar-refractivity contribution in [2.24, 2.45) is 0 Å². The number of hydroxylamine groups is 2. The van der Waals surface area contributed by atoms with Crippen LogP contribution >= 0.6 is 0 Å². The number of carbonyl (C=O) groups is 6. The van der Waals surface area contributed by atoms with Gasteiger partial charge < -0.3 is 33.8 Å². The maximum Gasteiger partial charge on any atom is 0.345 e. The third kappa shape index (κ3) is 14.6. The van der Waals surface area contributed by atoms with Crippen LogP contribution in [-0.4, -0.2) is 122 Å². The molecular weight excluding hydrogens is 899 g/mol. The molecule has 0 saturated carbocycles. The normalized spacial score (nSPS) is 14.0. The van der Waals surface area contributed by atoms with E-state index in [0.29, 0.717) is 86.1 Å². The number of nitrogens with zero attached hydrogens (tertiary/aromatic N) is 3. The number of rotatable bonds is 24. The average molecular weight is 954 g/mol. The lowest BCUT2D eigenvalue weighted by molar-refractivity contribution is -0.909. The fraction of sp³-hybridized carbons (Fsp3) is 0.444. The monoisotopic (exact) mass is 953 g/mol. The van der Waals surface area contributed by atoms with Gasteiger partial charge >= 0.3 is 11.9 Å². The van der Waals surface area contributed by atoms with Crippen molar-refractivity contribution in [3.05, 3.63) is 82.9 Å². The standard InChI is InChI=1S/C45H55N5O14S2/c1-31-29-33(30-32(2)43(31)63-45(56)42-34-13-4-6-15-36(34)48(23-11-27-65(57,58)59)37-16-7-5-14-35(37)42)44(55)47-22-10-25-50(3,26-12-28-66(60,61)62)24-9-21-46-38(51)17-8-18-41(54)64-49-39(52)19-20-40(49)53/h4-7,13-16,29-30H,8-12,17-28H2,1-3H3,(H2-2,46,47,51,55,57,58,59,60,61,62). The predicted molar refractivity (Wildman–Crippen MR) is 237 cm³/mol. The van der Waals surface area contributed by atoms with Crippen LogP contribution in [0.25, 0.3) is 21.8 Å². The first-order valence-electron chi connectivity index (χ1n) is 21.6. The number of aromatic nitrogens is 1. The summed E-state index contributed by atoms with van der Waals surface area (Å²) in [4.78, 5) is 80.0. The molecular formula is C45H55N5O14S2. The molecule has 1 aliphatic rings. The number of quaternary nitrogens is 1. The van der Waals surface area contributed by atoms with Gasteiger partial charge in [-0.2, -0.15) is 4.57 Å². The summed E-state index contributed by atoms with van der Waals surface area (Å²) in [5.41, 5.74) is 3.00. The van der Waals surface area contributed by atoms with Crippen LogP contribution < -0.4 is 19.9 Å². The van der Waals surface area contributed by atoms with Crippen molar-refractivity contribution in [1.82, 2.24) is 15.7 Å². The van der Waals surface area contributed by atoms with Gasteiger partial charge in [0.2, 0.25) is 16.9 Å². The van der Waals surface area contributed by atoms with Crippen LogP contribution in [0.3, 0.4) is 0 Å². The van der Waals surface area contributed by atoms with E-state index < -0.39 is 55.5 Å². The van der Waals surface area contributed by atoms with Gasteiger partial charge in [-0.3, -0.25) is 19.2 Å². The largest absolute Gasteiger partial charge is 0.748 e. The lowest BCUT2D eigenvalue weighted by Crippen LogP contribution is -2.48. The number of nitrogens with one attached hydrogen (secondary N) is 2. The number of hydrogen-bond acceptors (Lipinski definition) is 14. The number of para-hydroxylation sites is 2. The van der Waals surface area contributed by atoms with Crippen molar-refractivity contribution < 1.29 is 73.3 Å². The first-order chi connectivity index (χ1) is 31.1. The smallest absolute Gasteiger partial charge is 0.345 e. The van der Waals surface area contributed by atoms with Gasteiger partial charge in [-0.15, -0.1) is 5.06 Å². The number of amides is 4. The van der Waals surface area contributed by atoms with Crippen LogP contribution in [0.1, 0.15) is 89.6 Å². The molecule has 2 N–H and O–H groups in total. The van der Waals surface area contributed by atoms with E-state index in [1.165, 1.54) is 0 Å². The predicted octanol–water partition coefficient (Wildman–Crippen LogP) is 2.84. The van der Waals surface area contributed by atoms with Gasteiger partial charge in [0.25, 0.3) is 17.7 Å². The second kappa shape index (κ2) is 22.6. The second-order valence-electron chi connectivity index (χ2n) is 16.6. The third-order valence-electron chi connectivity index (χ3n) is 11.3. The lowest BCUT2D eigenvalue weighted by atomic mass is 10.0. The van der Waals surface area contributed by atoms with Crippen LogP contribution in [0.4, 0.5) is 0 Å². The van der Waals surface area contributed by atoms with Crippen molar-refractivity contribution in [2.75, 3.05) is 51.3 Å². The van der Waals surface area contributed by atoms with E-state index in [2.05, 4.69) is 10.6 Å². The molecule has 356 valence electrons. The maximum absolute atomic E-state index is 14.1. The Hall–Kier alpha value is -5.87. The van der Waals surface area contributed by atoms with Gasteiger partial charge in [-0.25, -0.2) is 26.4 Å². The summed E-state index contributed by atoms with van der Waals surface area (Å²) in [5.74, 6) is -4.08. The van der Waals surface area contributed by atoms with Gasteiger partial charge in [-0.1, -0.05) is 24.3 Å². The minimum atomic E-state index is -4.43. The summed E-state index contributed by atoms with van der Waals surface area (Å²) in [6, 6.07) is 17.5. The van der Waals surface area contributed by atoms with E-state index in [0.717, 1.165) is 0 Å². The van der Waals surface area contributed by atoms with Crippen molar-refractivity contribution in [3.63, 3.8) is 0 Å². The summed E-state index contributed by atoms with van der Waals surface area (Å²) in [6.07, 6.45) is 1.13. The molecule has 0 aliphatic carbocycles. The molecule has 1 unspecified atom stereocenters. The Morgan fingerprint density at radius 2 is 1.24 bits per heavy atom. The molecule has 1 aliphatic heterocycles. The summed E-state index contributed by atoms with van der Waals surface area (Å²) in [6.45, 7) is 5.59. The Bertz CT molecular complexity index is 2630. The Balaban J connectivity index is 1.15. The number of pyridine rings is 1. The highest BCUT2D eigenvalue weighted by Crippen LogP contribution is 2.30. The molecule has 1 saturated heterocycles. The quantitative estimate of drug-likeness (QED) is 0.0150. The molecule has 4 amide bonds. The summed E-state index contributed by atoms with van der Waals surface area (Å²) in [7, 11) is -6.95. The first-order valence-corrected chi connectivity index (χ1v) is 24.8. The van der Waals surface area contributed by atoms with Crippen LogP contribution in [0.15, 0.2) is 60.7 Å². The minimum Gasteiger partial charge on any atom is -0.748 e. The van der Waals surface area contributed by atoms with Crippen molar-refractivity contribution in [3.8, 4) is 5.75 Å². The molecule has 19 nitrogen and oxygen atoms in total. The van der Waals surface area contributed by atoms with E-state index in [1.807, 2.05) is 11.6 Å². The molecule has 0 radical (unpaired) electrons. The van der Waals surface area contributed by atoms with Crippen molar-refractivity contribution in [1.29, 1.82) is 0 Å². The highest BCUT2D eigenvalue weighted by molar-refractivity contribution is 7.85. The zero-order valence-corrected chi connectivity index (χ0v) is 38.8. The zero-order chi connectivity index (χ0) is 48.2. The molecule has 2 heterocycles. The second-order valence-corrected chi connectivity index (χ2v) is 19.7. The Morgan fingerprint density at radius 3 is 1.80 bits per heavy atom. The first kappa shape index (κ1) is 51.1. The summed E-state index contributed by atoms with van der Waals surface area (Å²) in [5, 5.41) is 7.28. The molecule has 4 aromatic rings. The van der Waals surface area contributed by atoms with E-state index in [9.17, 15) is 54.7 Å². The number of hydrogen-bond donors (Lipinski definition) is 2. The molecule has 1 aromatic heterocycles. The van der Waals surface area contributed by atoms with Crippen LogP contribution in [0.5, 0.6) is 5.75 Å². The fourth-order valence-corrected chi connectivity index (χ4v) is 9.03. The van der Waals surface area contributed by atoms with Crippen LogP contribution in [0, 0.1) is 13.8 Å². The fourth-order valence-electron chi connectivity index (χ4n) is 8.06. The van der Waals surface area contributed by atoms with Crippen LogP contribution in [0.2, 0.25) is 0 Å². The van der Waals surface area contributed by atoms with Gasteiger partial charge in [0.05, 0.1) is 63.3 Å². The number of esters is 1. The number of benzene rings is 3. The molecule has 66 heavy (non-hydrogen) atoms. The summed E-state index contributed by atoms with van der Waals surface area (Å²) < 4.78 is 76.4. The number of fused-ring (bicyclic) bond motifs is 2. The molecule has 5 rings (SSSR count). The van der Waals surface area contributed by atoms with Gasteiger partial charge in [0.15, 0.2) is 6.54 Å². The Labute approximate surface area is 383 Å². The third-order valence-corrected chi connectivity index (χ3v) is 12.8. The summed E-state index contributed by atoms with van der Waals surface area (Å²) >= 11 is 0. The average Bonchev–Trinajstić information content (AvgIpc) is 3.56. The lowest BCUT2D eigenvalue weighted by Gasteiger charge is -2.35. The molecule has 1 fully saturated rings. The molecule has 21 heteroatoms. The minimum absolute atomic E-state index is 0.00564. The van der Waals surface area contributed by atoms with Crippen molar-refractivity contribution >= 4 is 77.6 Å². The van der Waals surface area contributed by atoms with Crippen LogP contribution in [-0.2, 0) is 50.8 Å². The molecule has 0 bridgehead atoms. The zero-order valence-electron chi connectivity index (χ0n) is 37.2. The number of aryl methyl sites for hydroxylation is 3. The van der Waals surface area contributed by atoms with E-state index >= 15 is 0 Å². The van der Waals surface area contributed by atoms with E-state index in [1.54, 1.807) is 74.5 Å². The van der Waals surface area contributed by atoms with E-state index in [4.69, 9.17) is 9.57 Å². The van der Waals surface area contributed by atoms with Gasteiger partial charge in [0.1, 0.15) is 5.75 Å². The Kier molecular flexibility index (Phi) is 17.5. The van der Waals surface area contributed by atoms with Crippen molar-refractivity contribution in [2.45, 2.75) is 78.2 Å². The van der Waals surface area contributed by atoms with Gasteiger partial charge in [0, 0.05) is 93.7 Å². The Morgan fingerprint density at radius 1 is 0.727 bits per heavy atom. The SMILES string of the molecule is Cc1cc(C(=O)NCCC[N+](C)(CCCNC(=O)CCCC(=O)ON2C(=O)CCC2=O)CCCS(=O)(=O)[O-])cc(C)c1OC(=O)c1c2ccccc2[n+](CCCS(=O)(=O)[O-])c2ccccc12. The number of carbonyl (C=O) groups excluding carboxylic acids is 6. The number of imide groups is 1. The topological polar surface area (TPSA) is 266 Å². The maximum atomic E-state index is 14.1. The molecule has 0 spiro atoms. The highest BCUT2D eigenvalue weighted by atomic mass is 32.2. The number of ether oxygens (including phenoxy) is 1. The van der Waals surface area contributed by atoms with E-state index in [-0.39, 0.29) is 82.1 Å². The highest BCUT2D eigenvalue weighted by Gasteiger charge is 2.33. The molecule has 1 atom stereocenters. The van der Waals surface area contributed by atoms with Gasteiger partial charge in [-0.05, 0) is 55.7 Å².